The Bertz CT molecular complexity index is 736. The van der Waals surface area contributed by atoms with Gasteiger partial charge in [-0.1, -0.05) is 11.6 Å². The first-order chi connectivity index (χ1) is 10.3. The molecule has 1 aromatic carbocycles. The number of aryl methyl sites for hydroxylation is 2. The second-order valence-corrected chi connectivity index (χ2v) is 5.54. The number of halogens is 1. The number of hydrogen-bond donors (Lipinski definition) is 1. The van der Waals surface area contributed by atoms with Crippen LogP contribution in [0, 0.1) is 13.8 Å². The second-order valence-electron chi connectivity index (χ2n) is 5.11. The Labute approximate surface area is 133 Å². The number of aromatic carboxylic acids is 1. The van der Waals surface area contributed by atoms with Crippen molar-refractivity contribution in [1.29, 1.82) is 0 Å². The van der Waals surface area contributed by atoms with Gasteiger partial charge in [-0.05, 0) is 43.7 Å². The first kappa shape index (κ1) is 16.1. The van der Waals surface area contributed by atoms with E-state index in [1.807, 2.05) is 6.92 Å². The van der Waals surface area contributed by atoms with E-state index in [0.717, 1.165) is 5.56 Å². The Morgan fingerprint density at radius 1 is 1.23 bits per heavy atom. The van der Waals surface area contributed by atoms with E-state index >= 15 is 0 Å². The summed E-state index contributed by atoms with van der Waals surface area (Å²) in [6.07, 6.45) is 0. The molecule has 0 aliphatic heterocycles. The van der Waals surface area contributed by atoms with Crippen LogP contribution in [0.3, 0.4) is 0 Å². The van der Waals surface area contributed by atoms with Crippen molar-refractivity contribution in [2.24, 2.45) is 0 Å². The van der Waals surface area contributed by atoms with Crippen LogP contribution < -0.4 is 0 Å². The maximum Gasteiger partial charge on any atom is 0.339 e. The van der Waals surface area contributed by atoms with Crippen molar-refractivity contribution < 1.29 is 19.1 Å². The van der Waals surface area contributed by atoms with Crippen LogP contribution in [-0.2, 0) is 6.54 Å². The van der Waals surface area contributed by atoms with Gasteiger partial charge in [-0.3, -0.25) is 4.79 Å². The standard InChI is InChI=1S/C16H16ClNO4/c1-9-6-11(17)4-5-13(9)15(19)18(3)8-12-7-14(16(20)21)10(2)22-12/h4-7H,8H2,1-3H3,(H,20,21). The molecule has 2 rings (SSSR count). The van der Waals surface area contributed by atoms with Gasteiger partial charge in [-0.2, -0.15) is 0 Å². The molecule has 22 heavy (non-hydrogen) atoms. The number of carbonyl (C=O) groups excluding carboxylic acids is 1. The van der Waals surface area contributed by atoms with Crippen LogP contribution in [0.15, 0.2) is 28.7 Å². The summed E-state index contributed by atoms with van der Waals surface area (Å²) in [6.45, 7) is 3.58. The van der Waals surface area contributed by atoms with Crippen molar-refractivity contribution >= 4 is 23.5 Å². The number of carboxylic acid groups (broad SMARTS) is 1. The molecule has 1 N–H and O–H groups in total. The minimum absolute atomic E-state index is 0.110. The summed E-state index contributed by atoms with van der Waals surface area (Å²) in [5.41, 5.74) is 1.44. The molecule has 0 aliphatic carbocycles. The number of rotatable bonds is 4. The molecule has 0 aliphatic rings. The third kappa shape index (κ3) is 3.31. The summed E-state index contributed by atoms with van der Waals surface area (Å²) < 4.78 is 5.39. The van der Waals surface area contributed by atoms with Crippen LogP contribution in [0.1, 0.15) is 37.8 Å². The molecule has 0 saturated heterocycles. The van der Waals surface area contributed by atoms with Crippen LogP contribution >= 0.6 is 11.6 Å². The van der Waals surface area contributed by atoms with Crippen molar-refractivity contribution in [3.8, 4) is 0 Å². The fourth-order valence-corrected chi connectivity index (χ4v) is 2.44. The topological polar surface area (TPSA) is 70.8 Å². The Balaban J connectivity index is 2.18. The molecular formula is C16H16ClNO4. The fourth-order valence-electron chi connectivity index (χ4n) is 2.21. The van der Waals surface area contributed by atoms with Crippen LogP contribution in [0.5, 0.6) is 0 Å². The summed E-state index contributed by atoms with van der Waals surface area (Å²) in [6, 6.07) is 6.50. The van der Waals surface area contributed by atoms with Gasteiger partial charge in [0.25, 0.3) is 5.91 Å². The van der Waals surface area contributed by atoms with Gasteiger partial charge >= 0.3 is 5.97 Å². The number of nitrogens with zero attached hydrogens (tertiary/aromatic N) is 1. The van der Waals surface area contributed by atoms with E-state index < -0.39 is 5.97 Å². The van der Waals surface area contributed by atoms with E-state index in [-0.39, 0.29) is 18.0 Å². The van der Waals surface area contributed by atoms with Gasteiger partial charge in [0.15, 0.2) is 0 Å². The summed E-state index contributed by atoms with van der Waals surface area (Å²) >= 11 is 5.89. The minimum atomic E-state index is -1.05. The van der Waals surface area contributed by atoms with Crippen molar-refractivity contribution in [3.05, 3.63) is 57.5 Å². The highest BCUT2D eigenvalue weighted by atomic mass is 35.5. The van der Waals surface area contributed by atoms with E-state index in [2.05, 4.69) is 0 Å². The average Bonchev–Trinajstić information content (AvgIpc) is 2.79. The number of benzene rings is 1. The number of hydrogen-bond acceptors (Lipinski definition) is 3. The molecule has 0 fully saturated rings. The largest absolute Gasteiger partial charge is 0.478 e. The van der Waals surface area contributed by atoms with Crippen LogP contribution in [0.4, 0.5) is 0 Å². The van der Waals surface area contributed by atoms with Gasteiger partial charge in [0.1, 0.15) is 17.1 Å². The first-order valence-electron chi connectivity index (χ1n) is 6.64. The lowest BCUT2D eigenvalue weighted by atomic mass is 10.1. The third-order valence-corrected chi connectivity index (χ3v) is 3.59. The smallest absolute Gasteiger partial charge is 0.339 e. The lowest BCUT2D eigenvalue weighted by Crippen LogP contribution is -2.26. The zero-order chi connectivity index (χ0) is 16.4. The van der Waals surface area contributed by atoms with E-state index in [4.69, 9.17) is 21.1 Å². The molecule has 0 atom stereocenters. The van der Waals surface area contributed by atoms with Crippen molar-refractivity contribution in [2.75, 3.05) is 7.05 Å². The van der Waals surface area contributed by atoms with Gasteiger partial charge in [-0.25, -0.2) is 4.79 Å². The minimum Gasteiger partial charge on any atom is -0.478 e. The molecule has 6 heteroatoms. The summed E-state index contributed by atoms with van der Waals surface area (Å²) in [5, 5.41) is 9.58. The van der Waals surface area contributed by atoms with Gasteiger partial charge in [0.2, 0.25) is 0 Å². The van der Waals surface area contributed by atoms with E-state index in [1.54, 1.807) is 32.2 Å². The maximum absolute atomic E-state index is 12.4. The summed E-state index contributed by atoms with van der Waals surface area (Å²) in [5.74, 6) is -0.474. The first-order valence-corrected chi connectivity index (χ1v) is 7.01. The quantitative estimate of drug-likeness (QED) is 0.935. The molecule has 0 bridgehead atoms. The molecule has 0 spiro atoms. The normalized spacial score (nSPS) is 10.5. The lowest BCUT2D eigenvalue weighted by molar-refractivity contribution is 0.0694. The Morgan fingerprint density at radius 3 is 2.45 bits per heavy atom. The average molecular weight is 322 g/mol. The zero-order valence-electron chi connectivity index (χ0n) is 12.5. The maximum atomic E-state index is 12.4. The molecule has 0 saturated carbocycles. The Hall–Kier alpha value is -2.27. The van der Waals surface area contributed by atoms with Crippen molar-refractivity contribution in [1.82, 2.24) is 4.90 Å². The van der Waals surface area contributed by atoms with E-state index in [9.17, 15) is 9.59 Å². The fraction of sp³-hybridized carbons (Fsp3) is 0.250. The SMILES string of the molecule is Cc1cc(Cl)ccc1C(=O)N(C)Cc1cc(C(=O)O)c(C)o1. The predicted molar refractivity (Wildman–Crippen MR) is 82.4 cm³/mol. The van der Waals surface area contributed by atoms with Gasteiger partial charge in [-0.15, -0.1) is 0 Å². The van der Waals surface area contributed by atoms with E-state index in [0.29, 0.717) is 22.1 Å². The highest BCUT2D eigenvalue weighted by Gasteiger charge is 2.18. The van der Waals surface area contributed by atoms with Crippen molar-refractivity contribution in [3.63, 3.8) is 0 Å². The number of carbonyl (C=O) groups is 2. The molecule has 2 aromatic rings. The molecule has 1 heterocycles. The highest BCUT2D eigenvalue weighted by molar-refractivity contribution is 6.30. The zero-order valence-corrected chi connectivity index (χ0v) is 13.3. The summed E-state index contributed by atoms with van der Waals surface area (Å²) in [7, 11) is 1.63. The molecule has 0 unspecified atom stereocenters. The van der Waals surface area contributed by atoms with Gasteiger partial charge in [0.05, 0.1) is 6.54 Å². The molecule has 116 valence electrons. The number of carboxylic acids is 1. The summed E-state index contributed by atoms with van der Waals surface area (Å²) in [4.78, 5) is 24.9. The molecule has 5 nitrogen and oxygen atoms in total. The van der Waals surface area contributed by atoms with Crippen molar-refractivity contribution in [2.45, 2.75) is 20.4 Å². The second kappa shape index (κ2) is 6.23. The number of furan rings is 1. The van der Waals surface area contributed by atoms with Crippen LogP contribution in [0.25, 0.3) is 0 Å². The molecule has 1 aromatic heterocycles. The highest BCUT2D eigenvalue weighted by Crippen LogP contribution is 2.19. The van der Waals surface area contributed by atoms with Gasteiger partial charge < -0.3 is 14.4 Å². The Kier molecular flexibility index (Phi) is 4.56. The molecule has 0 radical (unpaired) electrons. The lowest BCUT2D eigenvalue weighted by Gasteiger charge is -2.17. The molecule has 1 amide bonds. The monoisotopic (exact) mass is 321 g/mol. The van der Waals surface area contributed by atoms with Gasteiger partial charge in [0, 0.05) is 17.6 Å². The number of amides is 1. The van der Waals surface area contributed by atoms with Crippen LogP contribution in [0.2, 0.25) is 5.02 Å². The van der Waals surface area contributed by atoms with E-state index in [1.165, 1.54) is 11.0 Å². The van der Waals surface area contributed by atoms with Crippen LogP contribution in [-0.4, -0.2) is 28.9 Å². The molecular weight excluding hydrogens is 306 g/mol. The predicted octanol–water partition coefficient (Wildman–Crippen LogP) is 3.52. The third-order valence-electron chi connectivity index (χ3n) is 3.36. The Morgan fingerprint density at radius 2 is 1.91 bits per heavy atom.